The van der Waals surface area contributed by atoms with Gasteiger partial charge in [-0.1, -0.05) is 41.6 Å². The molecule has 1 atom stereocenters. The van der Waals surface area contributed by atoms with Gasteiger partial charge < -0.3 is 9.94 Å². The highest BCUT2D eigenvalue weighted by Gasteiger charge is 2.28. The lowest BCUT2D eigenvalue weighted by atomic mass is 9.92. The van der Waals surface area contributed by atoms with E-state index in [0.717, 1.165) is 24.3 Å². The van der Waals surface area contributed by atoms with Gasteiger partial charge in [-0.25, -0.2) is 0 Å². The lowest BCUT2D eigenvalue weighted by Crippen LogP contribution is -2.10. The number of fused-ring (bicyclic) bond motifs is 1. The first-order chi connectivity index (χ1) is 9.81. The number of nitrogens with zero attached hydrogens (tertiary/aromatic N) is 1. The van der Waals surface area contributed by atoms with Crippen molar-refractivity contribution in [1.29, 1.82) is 0 Å². The molecule has 0 aromatic heterocycles. The van der Waals surface area contributed by atoms with Crippen LogP contribution < -0.4 is 4.74 Å². The van der Waals surface area contributed by atoms with Crippen molar-refractivity contribution in [2.24, 2.45) is 5.16 Å². The average Bonchev–Trinajstić information content (AvgIpc) is 2.86. The summed E-state index contributed by atoms with van der Waals surface area (Å²) in [5.74, 6) is 1.03. The Morgan fingerprint density at radius 1 is 1.15 bits per heavy atom. The largest absolute Gasteiger partial charge is 0.497 e. The molecule has 2 aromatic carbocycles. The molecule has 0 aliphatic heterocycles. The molecule has 0 amide bonds. The summed E-state index contributed by atoms with van der Waals surface area (Å²) in [5.41, 5.74) is 4.60. The molecule has 0 fully saturated rings. The van der Waals surface area contributed by atoms with Crippen LogP contribution in [0.1, 0.15) is 22.6 Å². The maximum Gasteiger partial charge on any atom is 0.118 e. The molecule has 3 heteroatoms. The number of oxime groups is 1. The second-order valence-electron chi connectivity index (χ2n) is 5.07. The summed E-state index contributed by atoms with van der Waals surface area (Å²) in [6.07, 6.45) is 1.59. The molecule has 0 saturated heterocycles. The van der Waals surface area contributed by atoms with Crippen molar-refractivity contribution in [3.05, 3.63) is 65.2 Å². The Morgan fingerprint density at radius 3 is 2.60 bits per heavy atom. The van der Waals surface area contributed by atoms with Gasteiger partial charge in [-0.2, -0.15) is 0 Å². The maximum absolute atomic E-state index is 9.24. The highest BCUT2D eigenvalue weighted by atomic mass is 16.5. The fourth-order valence-electron chi connectivity index (χ4n) is 2.86. The first-order valence-electron chi connectivity index (χ1n) is 6.73. The summed E-state index contributed by atoms with van der Waals surface area (Å²) in [5, 5.41) is 12.7. The summed E-state index contributed by atoms with van der Waals surface area (Å²) < 4.78 is 5.17. The predicted molar refractivity (Wildman–Crippen MR) is 78.8 cm³/mol. The fraction of sp³-hybridized carbons (Fsp3) is 0.235. The zero-order valence-electron chi connectivity index (χ0n) is 11.4. The van der Waals surface area contributed by atoms with Crippen LogP contribution in [0.15, 0.2) is 53.7 Å². The molecule has 1 aliphatic rings. The van der Waals surface area contributed by atoms with Gasteiger partial charge >= 0.3 is 0 Å². The molecule has 20 heavy (non-hydrogen) atoms. The van der Waals surface area contributed by atoms with Gasteiger partial charge in [0.25, 0.3) is 0 Å². The van der Waals surface area contributed by atoms with Crippen LogP contribution in [-0.4, -0.2) is 18.0 Å². The first kappa shape index (κ1) is 12.7. The van der Waals surface area contributed by atoms with Crippen LogP contribution in [0.5, 0.6) is 5.75 Å². The van der Waals surface area contributed by atoms with Crippen LogP contribution >= 0.6 is 0 Å². The standard InChI is InChI=1S/C17H17NO2/c1-20-14-8-6-12(7-9-14)10-16-15-5-3-2-4-13(15)11-17(16)18-19/h2-9,16,19H,10-11H2,1H3/b18-17-. The molecule has 2 aromatic rings. The molecular weight excluding hydrogens is 250 g/mol. The van der Waals surface area contributed by atoms with Crippen LogP contribution in [0.2, 0.25) is 0 Å². The Balaban J connectivity index is 1.88. The van der Waals surface area contributed by atoms with E-state index < -0.39 is 0 Å². The summed E-state index contributed by atoms with van der Waals surface area (Å²) in [6.45, 7) is 0. The van der Waals surface area contributed by atoms with E-state index in [1.54, 1.807) is 7.11 Å². The molecule has 3 rings (SSSR count). The van der Waals surface area contributed by atoms with E-state index in [4.69, 9.17) is 4.74 Å². The molecule has 0 bridgehead atoms. The molecule has 1 unspecified atom stereocenters. The van der Waals surface area contributed by atoms with E-state index in [2.05, 4.69) is 29.4 Å². The van der Waals surface area contributed by atoms with Crippen molar-refractivity contribution in [2.45, 2.75) is 18.8 Å². The molecule has 3 nitrogen and oxygen atoms in total. The number of hydrogen-bond acceptors (Lipinski definition) is 3. The molecule has 0 spiro atoms. The molecule has 0 heterocycles. The van der Waals surface area contributed by atoms with Crippen LogP contribution in [0.25, 0.3) is 0 Å². The molecule has 0 saturated carbocycles. The second-order valence-corrected chi connectivity index (χ2v) is 5.07. The quantitative estimate of drug-likeness (QED) is 0.684. The Bertz CT molecular complexity index is 632. The molecule has 1 aliphatic carbocycles. The van der Waals surface area contributed by atoms with Gasteiger partial charge in [-0.15, -0.1) is 0 Å². The van der Waals surface area contributed by atoms with Crippen molar-refractivity contribution in [3.8, 4) is 5.75 Å². The zero-order chi connectivity index (χ0) is 13.9. The summed E-state index contributed by atoms with van der Waals surface area (Å²) in [7, 11) is 1.67. The highest BCUT2D eigenvalue weighted by Crippen LogP contribution is 2.33. The molecule has 0 radical (unpaired) electrons. The Kier molecular flexibility index (Phi) is 3.42. The normalized spacial score (nSPS) is 19.1. The van der Waals surface area contributed by atoms with E-state index in [-0.39, 0.29) is 5.92 Å². The highest BCUT2D eigenvalue weighted by molar-refractivity contribution is 5.96. The number of ether oxygens (including phenoxy) is 1. The van der Waals surface area contributed by atoms with Gasteiger partial charge in [0.15, 0.2) is 0 Å². The SMILES string of the molecule is COc1ccc(CC2/C(=N\O)Cc3ccccc32)cc1. The number of hydrogen-bond donors (Lipinski definition) is 1. The van der Waals surface area contributed by atoms with Gasteiger partial charge in [-0.3, -0.25) is 0 Å². The van der Waals surface area contributed by atoms with Crippen molar-refractivity contribution < 1.29 is 9.94 Å². The van der Waals surface area contributed by atoms with Crippen molar-refractivity contribution in [1.82, 2.24) is 0 Å². The van der Waals surface area contributed by atoms with Crippen LogP contribution in [0.3, 0.4) is 0 Å². The second kappa shape index (κ2) is 5.37. The maximum atomic E-state index is 9.24. The molecular formula is C17H17NO2. The van der Waals surface area contributed by atoms with E-state index in [1.807, 2.05) is 24.3 Å². The van der Waals surface area contributed by atoms with E-state index >= 15 is 0 Å². The van der Waals surface area contributed by atoms with Gasteiger partial charge in [0.2, 0.25) is 0 Å². The van der Waals surface area contributed by atoms with Crippen LogP contribution in [-0.2, 0) is 12.8 Å². The molecule has 1 N–H and O–H groups in total. The van der Waals surface area contributed by atoms with Gasteiger partial charge in [0.05, 0.1) is 12.8 Å². The topological polar surface area (TPSA) is 41.8 Å². The van der Waals surface area contributed by atoms with Gasteiger partial charge in [-0.05, 0) is 35.2 Å². The minimum atomic E-state index is 0.171. The van der Waals surface area contributed by atoms with Crippen molar-refractivity contribution >= 4 is 5.71 Å². The van der Waals surface area contributed by atoms with Crippen molar-refractivity contribution in [3.63, 3.8) is 0 Å². The Hall–Kier alpha value is -2.29. The smallest absolute Gasteiger partial charge is 0.118 e. The van der Waals surface area contributed by atoms with E-state index in [0.29, 0.717) is 0 Å². The molecule has 102 valence electrons. The number of methoxy groups -OCH3 is 1. The monoisotopic (exact) mass is 267 g/mol. The minimum absolute atomic E-state index is 0.171. The summed E-state index contributed by atoms with van der Waals surface area (Å²) >= 11 is 0. The van der Waals surface area contributed by atoms with E-state index in [9.17, 15) is 5.21 Å². The summed E-state index contributed by atoms with van der Waals surface area (Å²) in [6, 6.07) is 16.4. The predicted octanol–water partition coefficient (Wildman–Crippen LogP) is 3.41. The Labute approximate surface area is 118 Å². The lowest BCUT2D eigenvalue weighted by Gasteiger charge is -2.12. The Morgan fingerprint density at radius 2 is 1.90 bits per heavy atom. The van der Waals surface area contributed by atoms with E-state index in [1.165, 1.54) is 16.7 Å². The van der Waals surface area contributed by atoms with Crippen molar-refractivity contribution in [2.75, 3.05) is 7.11 Å². The third-order valence-corrected chi connectivity index (χ3v) is 3.93. The summed E-state index contributed by atoms with van der Waals surface area (Å²) in [4.78, 5) is 0. The number of rotatable bonds is 3. The van der Waals surface area contributed by atoms with Crippen LogP contribution in [0, 0.1) is 0 Å². The average molecular weight is 267 g/mol. The van der Waals surface area contributed by atoms with Gasteiger partial charge in [0, 0.05) is 12.3 Å². The first-order valence-corrected chi connectivity index (χ1v) is 6.73. The van der Waals surface area contributed by atoms with Crippen LogP contribution in [0.4, 0.5) is 0 Å². The zero-order valence-corrected chi connectivity index (χ0v) is 11.4. The minimum Gasteiger partial charge on any atom is -0.497 e. The van der Waals surface area contributed by atoms with Gasteiger partial charge in [0.1, 0.15) is 5.75 Å². The third kappa shape index (κ3) is 2.27. The fourth-order valence-corrected chi connectivity index (χ4v) is 2.86. The lowest BCUT2D eigenvalue weighted by molar-refractivity contribution is 0.316. The third-order valence-electron chi connectivity index (χ3n) is 3.93. The number of benzene rings is 2.